The van der Waals surface area contributed by atoms with Crippen molar-refractivity contribution in [3.63, 3.8) is 0 Å². The number of aryl methyl sites for hydroxylation is 1. The summed E-state index contributed by atoms with van der Waals surface area (Å²) < 4.78 is 28.8. The van der Waals surface area contributed by atoms with Crippen molar-refractivity contribution in [1.82, 2.24) is 0 Å². The first-order valence-electron chi connectivity index (χ1n) is 5.81. The van der Waals surface area contributed by atoms with Crippen LogP contribution in [0, 0.1) is 18.6 Å². The van der Waals surface area contributed by atoms with Gasteiger partial charge >= 0.3 is 0 Å². The molecule has 0 atom stereocenters. The summed E-state index contributed by atoms with van der Waals surface area (Å²) in [6.45, 7) is 1.45. The van der Waals surface area contributed by atoms with E-state index in [9.17, 15) is 13.6 Å². The molecule has 3 N–H and O–H groups in total. The van der Waals surface area contributed by atoms with Gasteiger partial charge in [-0.2, -0.15) is 0 Å². The zero-order valence-electron chi connectivity index (χ0n) is 10.8. The van der Waals surface area contributed by atoms with Gasteiger partial charge in [-0.3, -0.25) is 4.79 Å². The average Bonchev–Trinajstić information content (AvgIpc) is 2.38. The average molecular weight is 420 g/mol. The minimum atomic E-state index is -0.928. The van der Waals surface area contributed by atoms with Gasteiger partial charge in [0, 0.05) is 8.95 Å². The summed E-state index contributed by atoms with van der Waals surface area (Å²) in [5, 5.41) is 2.42. The van der Waals surface area contributed by atoms with Crippen LogP contribution in [-0.2, 0) is 0 Å². The van der Waals surface area contributed by atoms with Gasteiger partial charge in [-0.05, 0) is 46.6 Å². The third-order valence-electron chi connectivity index (χ3n) is 2.84. The molecular weight excluding hydrogens is 410 g/mol. The van der Waals surface area contributed by atoms with Crippen LogP contribution in [0.25, 0.3) is 0 Å². The predicted molar refractivity (Wildman–Crippen MR) is 85.3 cm³/mol. The van der Waals surface area contributed by atoms with Crippen LogP contribution in [0.1, 0.15) is 15.9 Å². The molecular formula is C14H10Br2F2N2O. The van der Waals surface area contributed by atoms with Crippen LogP contribution in [-0.4, -0.2) is 5.91 Å². The maximum atomic E-state index is 13.9. The van der Waals surface area contributed by atoms with Gasteiger partial charge in [-0.1, -0.05) is 22.0 Å². The van der Waals surface area contributed by atoms with Gasteiger partial charge in [0.05, 0.1) is 11.4 Å². The van der Waals surface area contributed by atoms with E-state index in [-0.39, 0.29) is 16.9 Å². The van der Waals surface area contributed by atoms with Gasteiger partial charge in [-0.15, -0.1) is 0 Å². The SMILES string of the molecule is Cc1ccc(F)c(C(=O)Nc2c(N)cc(Br)cc2Br)c1F. The molecule has 2 aromatic rings. The summed E-state index contributed by atoms with van der Waals surface area (Å²) in [7, 11) is 0. The second-order valence-electron chi connectivity index (χ2n) is 4.36. The Balaban J connectivity index is 2.42. The topological polar surface area (TPSA) is 55.1 Å². The van der Waals surface area contributed by atoms with Gasteiger partial charge in [0.1, 0.15) is 17.2 Å². The molecule has 0 saturated heterocycles. The first-order chi connectivity index (χ1) is 9.81. The number of nitrogen functional groups attached to an aromatic ring is 1. The monoisotopic (exact) mass is 418 g/mol. The van der Waals surface area contributed by atoms with Crippen molar-refractivity contribution in [2.24, 2.45) is 0 Å². The molecule has 0 aliphatic heterocycles. The fourth-order valence-corrected chi connectivity index (χ4v) is 3.12. The van der Waals surface area contributed by atoms with Gasteiger partial charge < -0.3 is 11.1 Å². The lowest BCUT2D eigenvalue weighted by Gasteiger charge is -2.12. The molecule has 2 rings (SSSR count). The van der Waals surface area contributed by atoms with E-state index in [1.807, 2.05) is 0 Å². The number of benzene rings is 2. The fourth-order valence-electron chi connectivity index (χ4n) is 1.77. The number of carbonyl (C=O) groups excluding carboxylic acids is 1. The van der Waals surface area contributed by atoms with Crippen LogP contribution in [0.4, 0.5) is 20.2 Å². The summed E-state index contributed by atoms with van der Waals surface area (Å²) in [5.41, 5.74) is 5.86. The molecule has 0 fully saturated rings. The molecule has 0 aromatic heterocycles. The Morgan fingerprint density at radius 3 is 2.52 bits per heavy atom. The highest BCUT2D eigenvalue weighted by atomic mass is 79.9. The van der Waals surface area contributed by atoms with Crippen molar-refractivity contribution in [2.45, 2.75) is 6.92 Å². The summed E-state index contributed by atoms with van der Waals surface area (Å²) in [5.74, 6) is -2.72. The lowest BCUT2D eigenvalue weighted by Crippen LogP contribution is -2.17. The van der Waals surface area contributed by atoms with Crippen molar-refractivity contribution in [3.05, 3.63) is 56.0 Å². The van der Waals surface area contributed by atoms with Crippen LogP contribution >= 0.6 is 31.9 Å². The van der Waals surface area contributed by atoms with Crippen molar-refractivity contribution >= 4 is 49.1 Å². The van der Waals surface area contributed by atoms with E-state index < -0.39 is 23.1 Å². The minimum Gasteiger partial charge on any atom is -0.397 e. The molecule has 1 amide bonds. The van der Waals surface area contributed by atoms with Crippen LogP contribution in [0.15, 0.2) is 33.2 Å². The number of hydrogen-bond acceptors (Lipinski definition) is 2. The molecule has 21 heavy (non-hydrogen) atoms. The van der Waals surface area contributed by atoms with E-state index in [2.05, 4.69) is 37.2 Å². The van der Waals surface area contributed by atoms with Crippen molar-refractivity contribution in [1.29, 1.82) is 0 Å². The summed E-state index contributed by atoms with van der Waals surface area (Å²) in [6, 6.07) is 5.55. The Morgan fingerprint density at radius 1 is 1.24 bits per heavy atom. The van der Waals surface area contributed by atoms with Crippen LogP contribution in [0.2, 0.25) is 0 Å². The summed E-state index contributed by atoms with van der Waals surface area (Å²) in [4.78, 5) is 12.1. The molecule has 0 spiro atoms. The van der Waals surface area contributed by atoms with Gasteiger partial charge in [0.25, 0.3) is 5.91 Å². The van der Waals surface area contributed by atoms with E-state index in [0.717, 1.165) is 6.07 Å². The second-order valence-corrected chi connectivity index (χ2v) is 6.13. The van der Waals surface area contributed by atoms with Crippen molar-refractivity contribution < 1.29 is 13.6 Å². The number of amides is 1. The Hall–Kier alpha value is -1.47. The molecule has 110 valence electrons. The van der Waals surface area contributed by atoms with Crippen molar-refractivity contribution in [2.75, 3.05) is 11.1 Å². The van der Waals surface area contributed by atoms with Crippen molar-refractivity contribution in [3.8, 4) is 0 Å². The Bertz CT molecular complexity index is 712. The number of anilines is 2. The van der Waals surface area contributed by atoms with Crippen LogP contribution in [0.5, 0.6) is 0 Å². The maximum Gasteiger partial charge on any atom is 0.261 e. The lowest BCUT2D eigenvalue weighted by atomic mass is 10.1. The number of hydrogen-bond donors (Lipinski definition) is 2. The van der Waals surface area contributed by atoms with E-state index in [1.54, 1.807) is 12.1 Å². The zero-order valence-corrected chi connectivity index (χ0v) is 14.0. The number of nitrogens with two attached hydrogens (primary N) is 1. The largest absolute Gasteiger partial charge is 0.397 e. The number of halogens is 4. The molecule has 0 heterocycles. The highest BCUT2D eigenvalue weighted by molar-refractivity contribution is 9.11. The standard InChI is InChI=1S/C14H10Br2F2N2O/c1-6-2-3-9(17)11(12(6)18)14(21)20-13-8(16)4-7(15)5-10(13)19/h2-5H,19H2,1H3,(H,20,21). The minimum absolute atomic E-state index is 0.185. The maximum absolute atomic E-state index is 13.9. The molecule has 0 unspecified atom stereocenters. The summed E-state index contributed by atoms with van der Waals surface area (Å²) in [6.07, 6.45) is 0. The van der Waals surface area contributed by atoms with Crippen LogP contribution < -0.4 is 11.1 Å². The third kappa shape index (κ3) is 3.24. The first-order valence-corrected chi connectivity index (χ1v) is 7.40. The predicted octanol–water partition coefficient (Wildman–Crippen LogP) is 4.63. The highest BCUT2D eigenvalue weighted by Gasteiger charge is 2.20. The molecule has 0 aliphatic carbocycles. The molecule has 0 aliphatic rings. The van der Waals surface area contributed by atoms with Gasteiger partial charge in [-0.25, -0.2) is 8.78 Å². The number of nitrogens with one attached hydrogen (secondary N) is 1. The molecule has 0 saturated carbocycles. The second kappa shape index (κ2) is 6.11. The first kappa shape index (κ1) is 15.9. The molecule has 0 bridgehead atoms. The third-order valence-corrected chi connectivity index (χ3v) is 3.92. The Kier molecular flexibility index (Phi) is 4.63. The Morgan fingerprint density at radius 2 is 1.90 bits per heavy atom. The molecule has 0 radical (unpaired) electrons. The molecule has 2 aromatic carbocycles. The number of carbonyl (C=O) groups is 1. The zero-order chi connectivity index (χ0) is 15.7. The van der Waals surface area contributed by atoms with E-state index in [4.69, 9.17) is 5.73 Å². The van der Waals surface area contributed by atoms with E-state index in [0.29, 0.717) is 8.95 Å². The lowest BCUT2D eigenvalue weighted by molar-refractivity contribution is 0.101. The smallest absolute Gasteiger partial charge is 0.261 e. The molecule has 7 heteroatoms. The normalized spacial score (nSPS) is 10.5. The van der Waals surface area contributed by atoms with E-state index >= 15 is 0 Å². The quantitative estimate of drug-likeness (QED) is 0.697. The highest BCUT2D eigenvalue weighted by Crippen LogP contribution is 2.33. The van der Waals surface area contributed by atoms with E-state index in [1.165, 1.54) is 13.0 Å². The van der Waals surface area contributed by atoms with Crippen LogP contribution in [0.3, 0.4) is 0 Å². The van der Waals surface area contributed by atoms with Gasteiger partial charge in [0.15, 0.2) is 0 Å². The fraction of sp³-hybridized carbons (Fsp3) is 0.0714. The summed E-state index contributed by atoms with van der Waals surface area (Å²) >= 11 is 6.49. The Labute approximate surface area is 136 Å². The van der Waals surface area contributed by atoms with Gasteiger partial charge in [0.2, 0.25) is 0 Å². The molecule has 3 nitrogen and oxygen atoms in total. The number of rotatable bonds is 2.